The van der Waals surface area contributed by atoms with Crippen LogP contribution in [0.5, 0.6) is 17.2 Å². The predicted octanol–water partition coefficient (Wildman–Crippen LogP) is 0.481. The van der Waals surface area contributed by atoms with Crippen molar-refractivity contribution < 1.29 is 22.6 Å². The lowest BCUT2D eigenvalue weighted by atomic mass is 10.1. The van der Waals surface area contributed by atoms with Crippen molar-refractivity contribution in [3.05, 3.63) is 17.7 Å². The first kappa shape index (κ1) is 17.5. The number of methoxy groups -OCH3 is 3. The Balaban J connectivity index is 2.67. The SMILES string of the molecule is COc1ccc(CNCCCS(N)(=O)=O)c(OC)c1OC. The summed E-state index contributed by atoms with van der Waals surface area (Å²) in [7, 11) is 1.26. The van der Waals surface area contributed by atoms with Gasteiger partial charge in [-0.25, -0.2) is 13.6 Å². The van der Waals surface area contributed by atoms with Gasteiger partial charge < -0.3 is 19.5 Å². The number of hydrogen-bond donors (Lipinski definition) is 2. The number of nitrogens with one attached hydrogen (secondary N) is 1. The van der Waals surface area contributed by atoms with E-state index in [-0.39, 0.29) is 5.75 Å². The van der Waals surface area contributed by atoms with Crippen LogP contribution in [-0.4, -0.2) is 42.0 Å². The van der Waals surface area contributed by atoms with Crippen molar-refractivity contribution in [2.75, 3.05) is 33.6 Å². The van der Waals surface area contributed by atoms with Crippen LogP contribution in [0.4, 0.5) is 0 Å². The molecule has 7 nitrogen and oxygen atoms in total. The van der Waals surface area contributed by atoms with Crippen molar-refractivity contribution in [2.24, 2.45) is 5.14 Å². The molecule has 1 aromatic rings. The second kappa shape index (κ2) is 8.06. The van der Waals surface area contributed by atoms with Crippen LogP contribution < -0.4 is 24.7 Å². The molecule has 0 aromatic heterocycles. The smallest absolute Gasteiger partial charge is 0.209 e. The van der Waals surface area contributed by atoms with Gasteiger partial charge in [0.25, 0.3) is 0 Å². The Morgan fingerprint density at radius 1 is 1.10 bits per heavy atom. The van der Waals surface area contributed by atoms with E-state index in [0.29, 0.717) is 36.8 Å². The van der Waals surface area contributed by atoms with Crippen LogP contribution in [0.2, 0.25) is 0 Å². The van der Waals surface area contributed by atoms with E-state index >= 15 is 0 Å². The van der Waals surface area contributed by atoms with Crippen molar-refractivity contribution in [3.63, 3.8) is 0 Å². The molecule has 1 aromatic carbocycles. The van der Waals surface area contributed by atoms with Gasteiger partial charge in [-0.3, -0.25) is 0 Å². The number of hydrogen-bond acceptors (Lipinski definition) is 6. The standard InChI is InChI=1S/C13H22N2O5S/c1-18-11-6-5-10(12(19-2)13(11)20-3)9-15-7-4-8-21(14,16)17/h5-6,15H,4,7-9H2,1-3H3,(H2,14,16,17). The first-order valence-electron chi connectivity index (χ1n) is 6.42. The largest absolute Gasteiger partial charge is 0.493 e. The Kier molecular flexibility index (Phi) is 6.73. The third-order valence-electron chi connectivity index (χ3n) is 2.88. The van der Waals surface area contributed by atoms with Crippen LogP contribution in [0.15, 0.2) is 12.1 Å². The average Bonchev–Trinajstić information content (AvgIpc) is 2.44. The highest BCUT2D eigenvalue weighted by molar-refractivity contribution is 7.89. The fourth-order valence-electron chi connectivity index (χ4n) is 1.92. The zero-order chi connectivity index (χ0) is 15.9. The first-order valence-corrected chi connectivity index (χ1v) is 8.13. The van der Waals surface area contributed by atoms with Gasteiger partial charge in [0.15, 0.2) is 11.5 Å². The van der Waals surface area contributed by atoms with Crippen LogP contribution in [0.3, 0.4) is 0 Å². The molecule has 0 radical (unpaired) electrons. The molecular weight excluding hydrogens is 296 g/mol. The van der Waals surface area contributed by atoms with E-state index in [9.17, 15) is 8.42 Å². The number of benzene rings is 1. The molecule has 0 atom stereocenters. The van der Waals surface area contributed by atoms with Gasteiger partial charge >= 0.3 is 0 Å². The normalized spacial score (nSPS) is 11.2. The monoisotopic (exact) mass is 318 g/mol. The van der Waals surface area contributed by atoms with Crippen molar-refractivity contribution in [3.8, 4) is 17.2 Å². The fourth-order valence-corrected chi connectivity index (χ4v) is 2.47. The minimum Gasteiger partial charge on any atom is -0.493 e. The summed E-state index contributed by atoms with van der Waals surface area (Å²) in [6.07, 6.45) is 0.453. The van der Waals surface area contributed by atoms with Crippen molar-refractivity contribution in [2.45, 2.75) is 13.0 Å². The molecule has 0 saturated heterocycles. The van der Waals surface area contributed by atoms with Crippen LogP contribution >= 0.6 is 0 Å². The minimum absolute atomic E-state index is 0.0386. The van der Waals surface area contributed by atoms with E-state index in [1.54, 1.807) is 27.4 Å². The third kappa shape index (κ3) is 5.41. The summed E-state index contributed by atoms with van der Waals surface area (Å²) < 4.78 is 37.5. The quantitative estimate of drug-likeness (QED) is 0.642. The predicted molar refractivity (Wildman–Crippen MR) is 80.4 cm³/mol. The van der Waals surface area contributed by atoms with Gasteiger partial charge in [-0.05, 0) is 19.0 Å². The molecule has 0 aliphatic rings. The average molecular weight is 318 g/mol. The molecule has 0 spiro atoms. The van der Waals surface area contributed by atoms with Gasteiger partial charge in [0.05, 0.1) is 27.1 Å². The highest BCUT2D eigenvalue weighted by Gasteiger charge is 2.15. The maximum atomic E-state index is 10.8. The summed E-state index contributed by atoms with van der Waals surface area (Å²) in [6, 6.07) is 3.66. The molecule has 0 aliphatic carbocycles. The summed E-state index contributed by atoms with van der Waals surface area (Å²) in [4.78, 5) is 0. The number of sulfonamides is 1. The van der Waals surface area contributed by atoms with Crippen LogP contribution in [-0.2, 0) is 16.6 Å². The molecule has 0 aliphatic heterocycles. The fraction of sp³-hybridized carbons (Fsp3) is 0.538. The Labute approximate surface area is 125 Å². The number of rotatable bonds is 9. The Morgan fingerprint density at radius 2 is 1.76 bits per heavy atom. The summed E-state index contributed by atoms with van der Waals surface area (Å²) in [5, 5.41) is 8.08. The molecular formula is C13H22N2O5S. The first-order chi connectivity index (χ1) is 9.92. The lowest BCUT2D eigenvalue weighted by Crippen LogP contribution is -2.22. The summed E-state index contributed by atoms with van der Waals surface area (Å²) in [6.45, 7) is 1.06. The number of primary sulfonamides is 1. The molecule has 0 unspecified atom stereocenters. The van der Waals surface area contributed by atoms with Crippen LogP contribution in [0, 0.1) is 0 Å². The Morgan fingerprint density at radius 3 is 2.29 bits per heavy atom. The van der Waals surface area contributed by atoms with E-state index in [4.69, 9.17) is 19.3 Å². The summed E-state index contributed by atoms with van der Waals surface area (Å²) in [5.41, 5.74) is 0.894. The number of ether oxygens (including phenoxy) is 3. The van der Waals surface area contributed by atoms with Crippen LogP contribution in [0.25, 0.3) is 0 Å². The topological polar surface area (TPSA) is 99.9 Å². The molecule has 0 heterocycles. The van der Waals surface area contributed by atoms with E-state index < -0.39 is 10.0 Å². The zero-order valence-electron chi connectivity index (χ0n) is 12.5. The highest BCUT2D eigenvalue weighted by atomic mass is 32.2. The molecule has 0 bridgehead atoms. The third-order valence-corrected chi connectivity index (χ3v) is 3.74. The number of nitrogens with two attached hydrogens (primary N) is 1. The van der Waals surface area contributed by atoms with E-state index in [0.717, 1.165) is 5.56 Å². The minimum atomic E-state index is -3.40. The second-order valence-corrected chi connectivity index (χ2v) is 6.12. The van der Waals surface area contributed by atoms with E-state index in [1.807, 2.05) is 6.07 Å². The lowest BCUT2D eigenvalue weighted by molar-refractivity contribution is 0.321. The summed E-state index contributed by atoms with van der Waals surface area (Å²) in [5.74, 6) is 1.68. The van der Waals surface area contributed by atoms with Crippen molar-refractivity contribution >= 4 is 10.0 Å². The molecule has 3 N–H and O–H groups in total. The maximum absolute atomic E-state index is 10.8. The molecule has 1 rings (SSSR count). The molecule has 0 amide bonds. The lowest BCUT2D eigenvalue weighted by Gasteiger charge is -2.16. The van der Waals surface area contributed by atoms with E-state index in [2.05, 4.69) is 5.32 Å². The molecule has 8 heteroatoms. The van der Waals surface area contributed by atoms with Gasteiger partial charge in [-0.15, -0.1) is 0 Å². The van der Waals surface area contributed by atoms with Gasteiger partial charge in [0.2, 0.25) is 15.8 Å². The van der Waals surface area contributed by atoms with Crippen LogP contribution in [0.1, 0.15) is 12.0 Å². The summed E-state index contributed by atoms with van der Waals surface area (Å²) >= 11 is 0. The molecule has 21 heavy (non-hydrogen) atoms. The second-order valence-electron chi connectivity index (χ2n) is 4.39. The zero-order valence-corrected chi connectivity index (χ0v) is 13.3. The highest BCUT2D eigenvalue weighted by Crippen LogP contribution is 2.39. The molecule has 120 valence electrons. The Hall–Kier alpha value is -1.51. The Bertz CT molecular complexity index is 560. The van der Waals surface area contributed by atoms with Gasteiger partial charge in [0, 0.05) is 12.1 Å². The van der Waals surface area contributed by atoms with Gasteiger partial charge in [0.1, 0.15) is 0 Å². The van der Waals surface area contributed by atoms with E-state index in [1.165, 1.54) is 0 Å². The van der Waals surface area contributed by atoms with Crippen molar-refractivity contribution in [1.29, 1.82) is 0 Å². The van der Waals surface area contributed by atoms with Gasteiger partial charge in [-0.1, -0.05) is 6.07 Å². The van der Waals surface area contributed by atoms with Gasteiger partial charge in [-0.2, -0.15) is 0 Å². The van der Waals surface area contributed by atoms with Crippen molar-refractivity contribution in [1.82, 2.24) is 5.32 Å². The molecule has 0 saturated carbocycles. The molecule has 0 fully saturated rings. The maximum Gasteiger partial charge on any atom is 0.209 e.